The Labute approximate surface area is 204 Å². The van der Waals surface area contributed by atoms with E-state index >= 15 is 0 Å². The van der Waals surface area contributed by atoms with E-state index in [2.05, 4.69) is 15.5 Å². The van der Waals surface area contributed by atoms with Crippen LogP contribution in [0.4, 0.5) is 0 Å². The molecule has 0 aliphatic heterocycles. The van der Waals surface area contributed by atoms with Crippen LogP contribution in [-0.2, 0) is 11.2 Å². The van der Waals surface area contributed by atoms with Gasteiger partial charge in [0.05, 0.1) is 29.1 Å². The second-order valence-corrected chi connectivity index (χ2v) is 8.43. The third-order valence-corrected chi connectivity index (χ3v) is 6.08. The Balaban J connectivity index is 1.55. The summed E-state index contributed by atoms with van der Waals surface area (Å²) in [5.74, 6) is 0.596. The predicted octanol–water partition coefficient (Wildman–Crippen LogP) is 3.91. The lowest BCUT2D eigenvalue weighted by Crippen LogP contribution is -2.39. The first-order valence-electron chi connectivity index (χ1n) is 12.0. The third kappa shape index (κ3) is 4.96. The lowest BCUT2D eigenvalue weighted by Gasteiger charge is -2.17. The van der Waals surface area contributed by atoms with Crippen molar-refractivity contribution >= 4 is 16.8 Å². The van der Waals surface area contributed by atoms with Gasteiger partial charge in [0, 0.05) is 6.54 Å². The minimum Gasteiger partial charge on any atom is -0.494 e. The molecule has 4 rings (SSSR count). The van der Waals surface area contributed by atoms with Crippen LogP contribution < -0.4 is 15.6 Å². The number of fused-ring (bicyclic) bond motifs is 1. The molecule has 2 aromatic heterocycles. The molecule has 0 radical (unpaired) electrons. The number of amides is 1. The van der Waals surface area contributed by atoms with E-state index in [1.165, 1.54) is 4.68 Å². The number of rotatable bonds is 9. The van der Waals surface area contributed by atoms with Gasteiger partial charge in [-0.3, -0.25) is 9.59 Å². The second-order valence-electron chi connectivity index (χ2n) is 8.43. The zero-order chi connectivity index (χ0) is 24.9. The Bertz CT molecular complexity index is 1370. The van der Waals surface area contributed by atoms with Gasteiger partial charge in [-0.2, -0.15) is 10.2 Å². The van der Waals surface area contributed by atoms with Gasteiger partial charge in [0.2, 0.25) is 5.91 Å². The SMILES string of the molecule is CCOc1ccc(CCNC(=O)[C@H](CC)n2nc(C)c3c(C)n(-c4ccccc4)nc3c2=O)cc1. The van der Waals surface area contributed by atoms with E-state index in [1.807, 2.05) is 82.3 Å². The van der Waals surface area contributed by atoms with Crippen molar-refractivity contribution in [2.75, 3.05) is 13.2 Å². The summed E-state index contributed by atoms with van der Waals surface area (Å²) < 4.78 is 8.50. The van der Waals surface area contributed by atoms with Gasteiger partial charge in [-0.25, -0.2) is 9.36 Å². The van der Waals surface area contributed by atoms with Crippen LogP contribution in [0.25, 0.3) is 16.6 Å². The molecule has 0 spiro atoms. The minimum absolute atomic E-state index is 0.231. The van der Waals surface area contributed by atoms with E-state index in [1.54, 1.807) is 4.68 Å². The molecule has 0 saturated heterocycles. The number of hydrogen-bond acceptors (Lipinski definition) is 5. The van der Waals surface area contributed by atoms with Gasteiger partial charge >= 0.3 is 0 Å². The van der Waals surface area contributed by atoms with Crippen molar-refractivity contribution in [3.8, 4) is 11.4 Å². The minimum atomic E-state index is -0.715. The first-order valence-corrected chi connectivity index (χ1v) is 12.0. The molecular formula is C27H31N5O3. The second kappa shape index (κ2) is 10.5. The van der Waals surface area contributed by atoms with E-state index in [9.17, 15) is 9.59 Å². The monoisotopic (exact) mass is 473 g/mol. The highest BCUT2D eigenvalue weighted by Gasteiger charge is 2.25. The molecule has 0 aliphatic carbocycles. The number of aromatic nitrogens is 4. The van der Waals surface area contributed by atoms with Crippen molar-refractivity contribution in [1.29, 1.82) is 0 Å². The molecule has 35 heavy (non-hydrogen) atoms. The van der Waals surface area contributed by atoms with Crippen LogP contribution in [0.2, 0.25) is 0 Å². The summed E-state index contributed by atoms with van der Waals surface area (Å²) in [6.07, 6.45) is 1.11. The van der Waals surface area contributed by atoms with Crippen molar-refractivity contribution < 1.29 is 9.53 Å². The Morgan fingerprint density at radius 2 is 1.74 bits per heavy atom. The normalized spacial score (nSPS) is 12.0. The van der Waals surface area contributed by atoms with Crippen LogP contribution in [0.1, 0.15) is 43.3 Å². The Morgan fingerprint density at radius 1 is 1.03 bits per heavy atom. The van der Waals surface area contributed by atoms with Crippen molar-refractivity contribution in [1.82, 2.24) is 24.9 Å². The summed E-state index contributed by atoms with van der Waals surface area (Å²) in [7, 11) is 0. The van der Waals surface area contributed by atoms with Gasteiger partial charge in [0.1, 0.15) is 11.8 Å². The average molecular weight is 474 g/mol. The molecule has 182 valence electrons. The topological polar surface area (TPSA) is 91.0 Å². The number of nitrogens with one attached hydrogen (secondary N) is 1. The van der Waals surface area contributed by atoms with Gasteiger partial charge in [0.25, 0.3) is 5.56 Å². The van der Waals surface area contributed by atoms with Gasteiger partial charge in [0.15, 0.2) is 5.52 Å². The number of para-hydroxylation sites is 1. The Kier molecular flexibility index (Phi) is 7.29. The third-order valence-electron chi connectivity index (χ3n) is 6.08. The highest BCUT2D eigenvalue weighted by Crippen LogP contribution is 2.22. The van der Waals surface area contributed by atoms with Crippen LogP contribution in [0.5, 0.6) is 5.75 Å². The molecule has 1 N–H and O–H groups in total. The first kappa shape index (κ1) is 24.2. The average Bonchev–Trinajstić information content (AvgIpc) is 3.22. The lowest BCUT2D eigenvalue weighted by atomic mass is 10.1. The molecule has 2 heterocycles. The summed E-state index contributed by atoms with van der Waals surface area (Å²) in [6.45, 7) is 8.67. The van der Waals surface area contributed by atoms with Gasteiger partial charge < -0.3 is 10.1 Å². The maximum Gasteiger partial charge on any atom is 0.295 e. The summed E-state index contributed by atoms with van der Waals surface area (Å²) in [5.41, 5.74) is 3.42. The number of benzene rings is 2. The molecule has 0 fully saturated rings. The number of hydrogen-bond donors (Lipinski definition) is 1. The fourth-order valence-electron chi connectivity index (χ4n) is 4.32. The summed E-state index contributed by atoms with van der Waals surface area (Å²) in [6, 6.07) is 16.8. The quantitative estimate of drug-likeness (QED) is 0.398. The number of nitrogens with zero attached hydrogens (tertiary/aromatic N) is 4. The van der Waals surface area contributed by atoms with E-state index in [0.717, 1.165) is 28.1 Å². The fraction of sp³-hybridized carbons (Fsp3) is 0.333. The molecule has 8 nitrogen and oxygen atoms in total. The highest BCUT2D eigenvalue weighted by atomic mass is 16.5. The molecular weight excluding hydrogens is 442 g/mol. The molecule has 1 amide bonds. The lowest BCUT2D eigenvalue weighted by molar-refractivity contribution is -0.124. The van der Waals surface area contributed by atoms with Crippen LogP contribution >= 0.6 is 0 Å². The highest BCUT2D eigenvalue weighted by molar-refractivity contribution is 5.84. The fourth-order valence-corrected chi connectivity index (χ4v) is 4.32. The largest absolute Gasteiger partial charge is 0.494 e. The zero-order valence-corrected chi connectivity index (χ0v) is 20.6. The molecule has 8 heteroatoms. The van der Waals surface area contributed by atoms with Crippen LogP contribution in [0.3, 0.4) is 0 Å². The smallest absolute Gasteiger partial charge is 0.295 e. The summed E-state index contributed by atoms with van der Waals surface area (Å²) >= 11 is 0. The van der Waals surface area contributed by atoms with E-state index in [4.69, 9.17) is 4.74 Å². The molecule has 1 atom stereocenters. The van der Waals surface area contributed by atoms with Crippen molar-refractivity contribution in [3.05, 3.63) is 81.9 Å². The van der Waals surface area contributed by atoms with Gasteiger partial charge in [-0.15, -0.1) is 0 Å². The van der Waals surface area contributed by atoms with E-state index in [0.29, 0.717) is 37.2 Å². The van der Waals surface area contributed by atoms with E-state index < -0.39 is 6.04 Å². The Hall–Kier alpha value is -3.94. The number of ether oxygens (including phenoxy) is 1. The van der Waals surface area contributed by atoms with Crippen molar-refractivity contribution in [2.45, 2.75) is 46.6 Å². The molecule has 4 aromatic rings. The standard InChI is InChI=1S/C27H31N5O3/c1-5-23(26(33)28-17-16-20-12-14-22(15-13-20)35-6-2)32-27(34)25-24(18(3)29-32)19(4)31(30-25)21-10-8-7-9-11-21/h7-15,23H,5-6,16-17H2,1-4H3,(H,28,33)/t23-/m0/s1. The molecule has 0 aliphatic rings. The number of carbonyl (C=O) groups is 1. The predicted molar refractivity (Wildman–Crippen MR) is 136 cm³/mol. The van der Waals surface area contributed by atoms with Gasteiger partial charge in [-0.05, 0) is 63.4 Å². The van der Waals surface area contributed by atoms with E-state index in [-0.39, 0.29) is 11.5 Å². The van der Waals surface area contributed by atoms with Crippen molar-refractivity contribution in [3.63, 3.8) is 0 Å². The summed E-state index contributed by atoms with van der Waals surface area (Å²) in [5, 5.41) is 12.8. The van der Waals surface area contributed by atoms with Crippen molar-refractivity contribution in [2.24, 2.45) is 0 Å². The number of aryl methyl sites for hydroxylation is 2. The Morgan fingerprint density at radius 3 is 2.40 bits per heavy atom. The zero-order valence-electron chi connectivity index (χ0n) is 20.6. The maximum atomic E-state index is 13.4. The molecule has 0 unspecified atom stereocenters. The van der Waals surface area contributed by atoms with Crippen LogP contribution in [-0.4, -0.2) is 38.6 Å². The summed E-state index contributed by atoms with van der Waals surface area (Å²) in [4.78, 5) is 26.4. The van der Waals surface area contributed by atoms with Crippen LogP contribution in [0, 0.1) is 13.8 Å². The number of carbonyl (C=O) groups excluding carboxylic acids is 1. The van der Waals surface area contributed by atoms with Gasteiger partial charge in [-0.1, -0.05) is 37.3 Å². The van der Waals surface area contributed by atoms with Crippen LogP contribution in [0.15, 0.2) is 59.4 Å². The molecule has 0 saturated carbocycles. The maximum absolute atomic E-state index is 13.4. The first-order chi connectivity index (χ1) is 16.9. The molecule has 0 bridgehead atoms. The molecule has 2 aromatic carbocycles.